The van der Waals surface area contributed by atoms with Gasteiger partial charge in [-0.3, -0.25) is 4.90 Å². The average Bonchev–Trinajstić information content (AvgIpc) is 2.90. The standard InChI is InChI=1S/C22H20F3N3O/c23-22(24,25)18-4-1-16(2-5-18)21-26-10-7-19(27-21)14-28-11-8-15-3-6-20(29)13-17(15)9-12-28/h1-7,10,13,29H,8-9,11-12,14H2. The highest BCUT2D eigenvalue weighted by Crippen LogP contribution is 2.30. The van der Waals surface area contributed by atoms with E-state index in [2.05, 4.69) is 14.9 Å². The molecule has 0 saturated carbocycles. The van der Waals surface area contributed by atoms with Gasteiger partial charge in [0, 0.05) is 31.4 Å². The number of hydrogen-bond acceptors (Lipinski definition) is 4. The molecule has 1 N–H and O–H groups in total. The van der Waals surface area contributed by atoms with Gasteiger partial charge in [0.15, 0.2) is 5.82 Å². The van der Waals surface area contributed by atoms with Gasteiger partial charge in [-0.15, -0.1) is 0 Å². The number of halogens is 3. The molecule has 1 aliphatic heterocycles. The number of aromatic nitrogens is 2. The first-order valence-electron chi connectivity index (χ1n) is 9.41. The van der Waals surface area contributed by atoms with Gasteiger partial charge in [-0.1, -0.05) is 18.2 Å². The molecule has 0 atom stereocenters. The van der Waals surface area contributed by atoms with Crippen LogP contribution in [0.5, 0.6) is 5.75 Å². The molecule has 0 aliphatic carbocycles. The van der Waals surface area contributed by atoms with E-state index in [9.17, 15) is 18.3 Å². The molecule has 0 fully saturated rings. The summed E-state index contributed by atoms with van der Waals surface area (Å²) in [5.41, 5.74) is 3.11. The Bertz CT molecular complexity index is 1000. The SMILES string of the molecule is Oc1ccc2c(c1)CCN(Cc1ccnc(-c3ccc(C(F)(F)F)cc3)n1)CC2. The maximum absolute atomic E-state index is 12.7. The van der Waals surface area contributed by atoms with Crippen molar-refractivity contribution in [2.45, 2.75) is 25.6 Å². The molecule has 1 aromatic heterocycles. The van der Waals surface area contributed by atoms with Gasteiger partial charge in [-0.05, 0) is 54.3 Å². The van der Waals surface area contributed by atoms with Crippen molar-refractivity contribution >= 4 is 0 Å². The molecule has 0 radical (unpaired) electrons. The van der Waals surface area contributed by atoms with Crippen molar-refractivity contribution in [2.75, 3.05) is 13.1 Å². The van der Waals surface area contributed by atoms with Gasteiger partial charge in [0.1, 0.15) is 5.75 Å². The number of phenolic OH excluding ortho intramolecular Hbond substituents is 1. The first-order chi connectivity index (χ1) is 13.9. The summed E-state index contributed by atoms with van der Waals surface area (Å²) >= 11 is 0. The van der Waals surface area contributed by atoms with Crippen LogP contribution in [0.4, 0.5) is 13.2 Å². The van der Waals surface area contributed by atoms with Crippen LogP contribution in [-0.2, 0) is 25.6 Å². The molecule has 0 saturated heterocycles. The Labute approximate surface area is 166 Å². The minimum Gasteiger partial charge on any atom is -0.508 e. The molecule has 4 nitrogen and oxygen atoms in total. The Morgan fingerprint density at radius 1 is 0.931 bits per heavy atom. The minimum atomic E-state index is -4.36. The fourth-order valence-corrected chi connectivity index (χ4v) is 3.58. The number of hydrogen-bond donors (Lipinski definition) is 1. The number of nitrogens with zero attached hydrogens (tertiary/aromatic N) is 3. The number of fused-ring (bicyclic) bond motifs is 1. The summed E-state index contributed by atoms with van der Waals surface area (Å²) in [7, 11) is 0. The van der Waals surface area contributed by atoms with Crippen LogP contribution in [0.1, 0.15) is 22.4 Å². The van der Waals surface area contributed by atoms with Crippen LogP contribution in [0, 0.1) is 0 Å². The van der Waals surface area contributed by atoms with E-state index in [0.29, 0.717) is 17.9 Å². The van der Waals surface area contributed by atoms with Crippen molar-refractivity contribution < 1.29 is 18.3 Å². The van der Waals surface area contributed by atoms with Gasteiger partial charge in [-0.25, -0.2) is 9.97 Å². The zero-order valence-corrected chi connectivity index (χ0v) is 15.7. The lowest BCUT2D eigenvalue weighted by Crippen LogP contribution is -2.26. The summed E-state index contributed by atoms with van der Waals surface area (Å²) in [5.74, 6) is 0.702. The zero-order valence-electron chi connectivity index (χ0n) is 15.7. The van der Waals surface area contributed by atoms with Gasteiger partial charge >= 0.3 is 6.18 Å². The quantitative estimate of drug-likeness (QED) is 0.706. The second-order valence-electron chi connectivity index (χ2n) is 7.18. The minimum absolute atomic E-state index is 0.286. The fraction of sp³-hybridized carbons (Fsp3) is 0.273. The molecule has 0 unspecified atom stereocenters. The zero-order chi connectivity index (χ0) is 20.4. The van der Waals surface area contributed by atoms with Gasteiger partial charge < -0.3 is 5.11 Å². The molecule has 150 valence electrons. The van der Waals surface area contributed by atoms with Crippen LogP contribution in [0.3, 0.4) is 0 Å². The molecule has 3 aromatic rings. The molecule has 2 heterocycles. The first kappa shape index (κ1) is 19.4. The van der Waals surface area contributed by atoms with E-state index in [1.807, 2.05) is 18.2 Å². The van der Waals surface area contributed by atoms with Crippen molar-refractivity contribution in [2.24, 2.45) is 0 Å². The Balaban J connectivity index is 1.47. The Hall–Kier alpha value is -2.93. The summed E-state index contributed by atoms with van der Waals surface area (Å²) < 4.78 is 38.2. The molecule has 0 spiro atoms. The molecule has 0 bridgehead atoms. The van der Waals surface area contributed by atoms with Crippen LogP contribution in [0.2, 0.25) is 0 Å². The maximum Gasteiger partial charge on any atom is 0.416 e. The number of alkyl halides is 3. The molecular weight excluding hydrogens is 379 g/mol. The van der Waals surface area contributed by atoms with Gasteiger partial charge in [0.05, 0.1) is 11.3 Å². The van der Waals surface area contributed by atoms with Crippen LogP contribution >= 0.6 is 0 Å². The molecule has 0 amide bonds. The molecular formula is C22H20F3N3O. The van der Waals surface area contributed by atoms with Crippen molar-refractivity contribution in [3.8, 4) is 17.1 Å². The van der Waals surface area contributed by atoms with E-state index < -0.39 is 11.7 Å². The Kier molecular flexibility index (Phi) is 5.24. The third-order valence-corrected chi connectivity index (χ3v) is 5.15. The van der Waals surface area contributed by atoms with Crippen molar-refractivity contribution in [1.82, 2.24) is 14.9 Å². The lowest BCUT2D eigenvalue weighted by Gasteiger charge is -2.19. The first-order valence-corrected chi connectivity index (χ1v) is 9.41. The van der Waals surface area contributed by atoms with E-state index in [4.69, 9.17) is 0 Å². The predicted octanol–water partition coefficient (Wildman–Crippen LogP) is 4.47. The second kappa shape index (κ2) is 7.83. The molecule has 4 rings (SSSR count). The summed E-state index contributed by atoms with van der Waals surface area (Å²) in [6, 6.07) is 12.2. The Morgan fingerprint density at radius 2 is 1.66 bits per heavy atom. The van der Waals surface area contributed by atoms with Crippen LogP contribution in [-0.4, -0.2) is 33.1 Å². The smallest absolute Gasteiger partial charge is 0.416 e. The van der Waals surface area contributed by atoms with Crippen LogP contribution in [0.25, 0.3) is 11.4 Å². The lowest BCUT2D eigenvalue weighted by molar-refractivity contribution is -0.137. The highest BCUT2D eigenvalue weighted by Gasteiger charge is 2.30. The van der Waals surface area contributed by atoms with E-state index in [1.165, 1.54) is 23.3 Å². The van der Waals surface area contributed by atoms with E-state index >= 15 is 0 Å². The molecule has 29 heavy (non-hydrogen) atoms. The number of aromatic hydroxyl groups is 1. The number of rotatable bonds is 3. The normalized spacial score (nSPS) is 15.0. The average molecular weight is 399 g/mol. The number of benzene rings is 2. The summed E-state index contributed by atoms with van der Waals surface area (Å²) in [5, 5.41) is 9.69. The predicted molar refractivity (Wildman–Crippen MR) is 103 cm³/mol. The highest BCUT2D eigenvalue weighted by molar-refractivity contribution is 5.55. The lowest BCUT2D eigenvalue weighted by atomic mass is 10.0. The van der Waals surface area contributed by atoms with Crippen molar-refractivity contribution in [3.63, 3.8) is 0 Å². The Morgan fingerprint density at radius 3 is 2.38 bits per heavy atom. The van der Waals surface area contributed by atoms with Crippen LogP contribution < -0.4 is 0 Å². The summed E-state index contributed by atoms with van der Waals surface area (Å²) in [6.07, 6.45) is -0.977. The van der Waals surface area contributed by atoms with Gasteiger partial charge in [0.2, 0.25) is 0 Å². The van der Waals surface area contributed by atoms with Crippen LogP contribution in [0.15, 0.2) is 54.7 Å². The van der Waals surface area contributed by atoms with E-state index in [1.54, 1.807) is 12.3 Å². The van der Waals surface area contributed by atoms with Gasteiger partial charge in [0.25, 0.3) is 0 Å². The van der Waals surface area contributed by atoms with E-state index in [-0.39, 0.29) is 5.75 Å². The second-order valence-corrected chi connectivity index (χ2v) is 7.18. The topological polar surface area (TPSA) is 49.2 Å². The summed E-state index contributed by atoms with van der Waals surface area (Å²) in [6.45, 7) is 2.35. The monoisotopic (exact) mass is 399 g/mol. The van der Waals surface area contributed by atoms with E-state index in [0.717, 1.165) is 43.8 Å². The van der Waals surface area contributed by atoms with Crippen molar-refractivity contribution in [1.29, 1.82) is 0 Å². The third-order valence-electron chi connectivity index (χ3n) is 5.15. The van der Waals surface area contributed by atoms with Gasteiger partial charge in [-0.2, -0.15) is 13.2 Å². The summed E-state index contributed by atoms with van der Waals surface area (Å²) in [4.78, 5) is 11.1. The maximum atomic E-state index is 12.7. The molecule has 1 aliphatic rings. The molecule has 2 aromatic carbocycles. The highest BCUT2D eigenvalue weighted by atomic mass is 19.4. The van der Waals surface area contributed by atoms with Crippen molar-refractivity contribution in [3.05, 3.63) is 77.1 Å². The third kappa shape index (κ3) is 4.56. The number of phenols is 1. The largest absolute Gasteiger partial charge is 0.508 e. The molecule has 7 heteroatoms. The fourth-order valence-electron chi connectivity index (χ4n) is 3.58.